The van der Waals surface area contributed by atoms with Crippen molar-refractivity contribution >= 4 is 22.6 Å². The Morgan fingerprint density at radius 2 is 2.00 bits per heavy atom. The Morgan fingerprint density at radius 1 is 1.19 bits per heavy atom. The Kier molecular flexibility index (Phi) is 3.13. The van der Waals surface area contributed by atoms with Crippen molar-refractivity contribution in [1.82, 2.24) is 10.2 Å². The molecule has 0 radical (unpaired) electrons. The summed E-state index contributed by atoms with van der Waals surface area (Å²) in [5.41, 5.74) is 1.32. The molecular weight excluding hydrogens is 276 g/mol. The molecule has 2 aromatic carbocycles. The zero-order valence-electron chi connectivity index (χ0n) is 11.1. The van der Waals surface area contributed by atoms with E-state index in [4.69, 9.17) is 0 Å². The largest absolute Gasteiger partial charge is 0.309 e. The fourth-order valence-electron chi connectivity index (χ4n) is 2.17. The van der Waals surface area contributed by atoms with Gasteiger partial charge in [0.05, 0.1) is 5.52 Å². The predicted octanol–water partition coefficient (Wildman–Crippen LogP) is 3.47. The van der Waals surface area contributed by atoms with Gasteiger partial charge in [-0.1, -0.05) is 6.07 Å². The fraction of sp³-hybridized carbons (Fsp3) is 0.0667. The highest BCUT2D eigenvalue weighted by atomic mass is 19.1. The van der Waals surface area contributed by atoms with Crippen molar-refractivity contribution in [3.63, 3.8) is 0 Å². The monoisotopic (exact) mass is 287 g/mol. The van der Waals surface area contributed by atoms with Crippen LogP contribution in [0.4, 0.5) is 14.6 Å². The highest BCUT2D eigenvalue weighted by molar-refractivity contribution is 5.99. The Labute approximate surface area is 118 Å². The Bertz CT molecular complexity index is 842. The molecule has 1 amide bonds. The number of carbonyl (C=O) groups is 1. The second-order valence-corrected chi connectivity index (χ2v) is 4.64. The predicted molar refractivity (Wildman–Crippen MR) is 75.7 cm³/mol. The molecule has 0 aliphatic rings. The van der Waals surface area contributed by atoms with Gasteiger partial charge in [0.25, 0.3) is 0 Å². The second kappa shape index (κ2) is 4.97. The van der Waals surface area contributed by atoms with Crippen molar-refractivity contribution in [3.8, 4) is 11.1 Å². The van der Waals surface area contributed by atoms with Crippen LogP contribution in [-0.4, -0.2) is 16.1 Å². The summed E-state index contributed by atoms with van der Waals surface area (Å²) in [4.78, 5) is 11.1. The zero-order valence-corrected chi connectivity index (χ0v) is 11.1. The lowest BCUT2D eigenvalue weighted by atomic mass is 10.0. The van der Waals surface area contributed by atoms with Crippen LogP contribution in [0.15, 0.2) is 36.4 Å². The summed E-state index contributed by atoms with van der Waals surface area (Å²) < 4.78 is 27.0. The molecular formula is C15H11F2N3O. The molecule has 0 spiro atoms. The molecule has 21 heavy (non-hydrogen) atoms. The second-order valence-electron chi connectivity index (χ2n) is 4.64. The van der Waals surface area contributed by atoms with Crippen LogP contribution in [0.2, 0.25) is 0 Å². The SMILES string of the molecule is CC(=O)Nc1n[nH]c2cc(-c3cc(F)ccc3F)ccc12. The summed E-state index contributed by atoms with van der Waals surface area (Å²) in [7, 11) is 0. The number of nitrogens with zero attached hydrogens (tertiary/aromatic N) is 1. The topological polar surface area (TPSA) is 57.8 Å². The minimum atomic E-state index is -0.505. The first-order chi connectivity index (χ1) is 10.0. The van der Waals surface area contributed by atoms with Gasteiger partial charge < -0.3 is 5.32 Å². The first-order valence-electron chi connectivity index (χ1n) is 6.26. The van der Waals surface area contributed by atoms with Gasteiger partial charge in [0, 0.05) is 17.9 Å². The van der Waals surface area contributed by atoms with Crippen molar-refractivity contribution in [2.45, 2.75) is 6.92 Å². The molecule has 0 bridgehead atoms. The van der Waals surface area contributed by atoms with Crippen molar-refractivity contribution in [3.05, 3.63) is 48.0 Å². The molecule has 2 N–H and O–H groups in total. The minimum absolute atomic E-state index is 0.174. The fourth-order valence-corrected chi connectivity index (χ4v) is 2.17. The molecule has 1 heterocycles. The van der Waals surface area contributed by atoms with E-state index >= 15 is 0 Å². The maximum atomic E-state index is 13.8. The third-order valence-corrected chi connectivity index (χ3v) is 3.10. The molecule has 1 aromatic heterocycles. The van der Waals surface area contributed by atoms with Gasteiger partial charge in [-0.15, -0.1) is 0 Å². The van der Waals surface area contributed by atoms with E-state index in [2.05, 4.69) is 15.5 Å². The maximum absolute atomic E-state index is 13.8. The number of hydrogen-bond acceptors (Lipinski definition) is 2. The van der Waals surface area contributed by atoms with Crippen LogP contribution in [-0.2, 0) is 4.79 Å². The van der Waals surface area contributed by atoms with Gasteiger partial charge >= 0.3 is 0 Å². The number of nitrogens with one attached hydrogen (secondary N) is 2. The van der Waals surface area contributed by atoms with Gasteiger partial charge in [-0.25, -0.2) is 8.78 Å². The van der Waals surface area contributed by atoms with Gasteiger partial charge in [-0.2, -0.15) is 5.10 Å². The number of H-pyrrole nitrogens is 1. The molecule has 0 saturated carbocycles. The van der Waals surface area contributed by atoms with E-state index in [1.165, 1.54) is 6.92 Å². The van der Waals surface area contributed by atoms with Crippen molar-refractivity contribution in [2.75, 3.05) is 5.32 Å². The Balaban J connectivity index is 2.10. The number of aromatic nitrogens is 2. The van der Waals surface area contributed by atoms with Crippen molar-refractivity contribution in [1.29, 1.82) is 0 Å². The summed E-state index contributed by atoms with van der Waals surface area (Å²) in [6.07, 6.45) is 0. The number of carbonyl (C=O) groups excluding carboxylic acids is 1. The molecule has 4 nitrogen and oxygen atoms in total. The third-order valence-electron chi connectivity index (χ3n) is 3.10. The number of halogens is 2. The summed E-state index contributed by atoms with van der Waals surface area (Å²) in [5, 5.41) is 10.0. The highest BCUT2D eigenvalue weighted by Gasteiger charge is 2.11. The zero-order chi connectivity index (χ0) is 15.0. The van der Waals surface area contributed by atoms with Gasteiger partial charge in [0.15, 0.2) is 5.82 Å². The van der Waals surface area contributed by atoms with E-state index in [9.17, 15) is 13.6 Å². The maximum Gasteiger partial charge on any atom is 0.222 e. The summed E-state index contributed by atoms with van der Waals surface area (Å²) >= 11 is 0. The molecule has 0 saturated heterocycles. The third kappa shape index (κ3) is 2.47. The van der Waals surface area contributed by atoms with Gasteiger partial charge in [0.2, 0.25) is 5.91 Å². The van der Waals surface area contributed by atoms with E-state index in [1.807, 2.05) is 0 Å². The minimum Gasteiger partial charge on any atom is -0.309 e. The number of aromatic amines is 1. The summed E-state index contributed by atoms with van der Waals surface area (Å²) in [6.45, 7) is 1.39. The van der Waals surface area contributed by atoms with E-state index in [0.717, 1.165) is 18.2 Å². The molecule has 0 aliphatic heterocycles. The standard InChI is InChI=1S/C15H11F2N3O/c1-8(21)18-15-11-4-2-9(6-14(11)19-20-15)12-7-10(16)3-5-13(12)17/h2-7H,1H3,(H2,18,19,20,21). The number of fused-ring (bicyclic) bond motifs is 1. The van der Waals surface area contributed by atoms with Crippen LogP contribution in [0, 0.1) is 11.6 Å². The molecule has 0 unspecified atom stereocenters. The van der Waals surface area contributed by atoms with Crippen LogP contribution < -0.4 is 5.32 Å². The quantitative estimate of drug-likeness (QED) is 0.758. The Hall–Kier alpha value is -2.76. The van der Waals surface area contributed by atoms with Gasteiger partial charge in [-0.3, -0.25) is 9.89 Å². The van der Waals surface area contributed by atoms with E-state index in [1.54, 1.807) is 18.2 Å². The normalized spacial score (nSPS) is 10.8. The first kappa shape index (κ1) is 13.2. The lowest BCUT2D eigenvalue weighted by Crippen LogP contribution is -2.06. The van der Waals surface area contributed by atoms with Crippen LogP contribution in [0.1, 0.15) is 6.92 Å². The average Bonchev–Trinajstić information content (AvgIpc) is 2.83. The average molecular weight is 287 g/mol. The molecule has 0 aliphatic carbocycles. The molecule has 3 rings (SSSR count). The molecule has 0 fully saturated rings. The number of rotatable bonds is 2. The summed E-state index contributed by atoms with van der Waals surface area (Å²) in [6, 6.07) is 8.31. The van der Waals surface area contributed by atoms with E-state index in [0.29, 0.717) is 22.3 Å². The highest BCUT2D eigenvalue weighted by Crippen LogP contribution is 2.29. The van der Waals surface area contributed by atoms with Crippen molar-refractivity contribution in [2.24, 2.45) is 0 Å². The smallest absolute Gasteiger partial charge is 0.222 e. The van der Waals surface area contributed by atoms with Crippen LogP contribution in [0.25, 0.3) is 22.0 Å². The molecule has 3 aromatic rings. The van der Waals surface area contributed by atoms with E-state index < -0.39 is 11.6 Å². The first-order valence-corrected chi connectivity index (χ1v) is 6.26. The Morgan fingerprint density at radius 3 is 2.76 bits per heavy atom. The number of anilines is 1. The molecule has 6 heteroatoms. The van der Waals surface area contributed by atoms with Gasteiger partial charge in [0.1, 0.15) is 11.6 Å². The van der Waals surface area contributed by atoms with Crippen LogP contribution >= 0.6 is 0 Å². The van der Waals surface area contributed by atoms with Crippen LogP contribution in [0.5, 0.6) is 0 Å². The summed E-state index contributed by atoms with van der Waals surface area (Å²) in [5.74, 6) is -0.834. The van der Waals surface area contributed by atoms with Crippen molar-refractivity contribution < 1.29 is 13.6 Å². The van der Waals surface area contributed by atoms with Crippen LogP contribution in [0.3, 0.4) is 0 Å². The molecule has 106 valence electrons. The number of hydrogen-bond donors (Lipinski definition) is 2. The lowest BCUT2D eigenvalue weighted by molar-refractivity contribution is -0.114. The number of amides is 1. The number of benzene rings is 2. The molecule has 0 atom stereocenters. The van der Waals surface area contributed by atoms with E-state index in [-0.39, 0.29) is 11.5 Å². The lowest BCUT2D eigenvalue weighted by Gasteiger charge is -2.04. The van der Waals surface area contributed by atoms with Gasteiger partial charge in [-0.05, 0) is 35.9 Å².